The summed E-state index contributed by atoms with van der Waals surface area (Å²) in [4.78, 5) is 12.7. The minimum Gasteiger partial charge on any atom is -0.494 e. The Hall–Kier alpha value is -5.06. The van der Waals surface area contributed by atoms with Crippen molar-refractivity contribution in [3.63, 3.8) is 0 Å². The Morgan fingerprint density at radius 2 is 1.24 bits per heavy atom. The molecular formula is C38H39F5N2O4. The van der Waals surface area contributed by atoms with Crippen molar-refractivity contribution >= 4 is 23.4 Å². The van der Waals surface area contributed by atoms with Gasteiger partial charge < -0.3 is 25.7 Å². The molecule has 11 heteroatoms. The third-order valence-corrected chi connectivity index (χ3v) is 7.64. The maximum atomic E-state index is 14.8. The van der Waals surface area contributed by atoms with E-state index in [4.69, 9.17) is 25.7 Å². The minimum absolute atomic E-state index is 0.0370. The van der Waals surface area contributed by atoms with Crippen LogP contribution in [0.1, 0.15) is 48.4 Å². The molecule has 0 aliphatic rings. The van der Waals surface area contributed by atoms with Gasteiger partial charge in [0.25, 0.3) is 0 Å². The summed E-state index contributed by atoms with van der Waals surface area (Å²) in [5.41, 5.74) is 14.8. The van der Waals surface area contributed by atoms with Gasteiger partial charge in [0.2, 0.25) is 0 Å². The predicted molar refractivity (Wildman–Crippen MR) is 180 cm³/mol. The van der Waals surface area contributed by atoms with E-state index in [9.17, 15) is 26.7 Å². The van der Waals surface area contributed by atoms with Gasteiger partial charge in [-0.1, -0.05) is 43.3 Å². The SMILES string of the molecule is CC(COC(=O)/C=C/c1ccc(OC(F)(F)c2ccc(OCCCCC(F)(F)F)cc2)cc1)(Cc1ccc(N)cc1)Cc1ccc(N)cc1. The van der Waals surface area contributed by atoms with Crippen LogP contribution in [0.4, 0.5) is 33.3 Å². The summed E-state index contributed by atoms with van der Waals surface area (Å²) < 4.78 is 82.3. The molecule has 0 fully saturated rings. The van der Waals surface area contributed by atoms with E-state index in [1.54, 1.807) is 0 Å². The van der Waals surface area contributed by atoms with Gasteiger partial charge in [0, 0.05) is 29.3 Å². The number of alkyl halides is 5. The van der Waals surface area contributed by atoms with E-state index in [2.05, 4.69) is 0 Å². The Kier molecular flexibility index (Phi) is 12.3. The Morgan fingerprint density at radius 3 is 1.78 bits per heavy atom. The number of rotatable bonds is 16. The Bertz CT molecular complexity index is 1610. The van der Waals surface area contributed by atoms with E-state index < -0.39 is 35.7 Å². The third kappa shape index (κ3) is 12.5. The highest BCUT2D eigenvalue weighted by atomic mass is 19.4. The van der Waals surface area contributed by atoms with Gasteiger partial charge in [-0.2, -0.15) is 22.0 Å². The first kappa shape index (κ1) is 36.8. The zero-order valence-corrected chi connectivity index (χ0v) is 27.0. The standard InChI is InChI=1S/C38H39F5N2O4/c1-36(24-28-4-13-31(44)14-5-28,25-29-6-15-32(45)16-7-29)26-48-35(46)21-10-27-8-17-34(18-9-27)49-38(42,43)30-11-19-33(20-12-30)47-23-3-2-22-37(39,40)41/h4-21H,2-3,22-26,44-45H2,1H3/b21-10+. The number of esters is 1. The summed E-state index contributed by atoms with van der Waals surface area (Å²) in [5.74, 6) is -0.397. The second kappa shape index (κ2) is 16.4. The molecule has 4 N–H and O–H groups in total. The van der Waals surface area contributed by atoms with Gasteiger partial charge in [0.15, 0.2) is 0 Å². The Balaban J connectivity index is 1.29. The molecule has 49 heavy (non-hydrogen) atoms. The van der Waals surface area contributed by atoms with E-state index in [1.165, 1.54) is 48.6 Å². The van der Waals surface area contributed by atoms with Gasteiger partial charge in [-0.15, -0.1) is 0 Å². The normalized spacial score (nSPS) is 12.2. The maximum absolute atomic E-state index is 14.8. The zero-order valence-electron chi connectivity index (χ0n) is 27.0. The fraction of sp³-hybridized carbons (Fsp3) is 0.289. The van der Waals surface area contributed by atoms with Gasteiger partial charge in [-0.25, -0.2) is 4.79 Å². The van der Waals surface area contributed by atoms with Crippen LogP contribution in [-0.2, 0) is 28.5 Å². The fourth-order valence-electron chi connectivity index (χ4n) is 5.10. The quantitative estimate of drug-likeness (QED) is 0.0402. The number of carbonyl (C=O) groups is 1. The number of halogens is 5. The van der Waals surface area contributed by atoms with Crippen molar-refractivity contribution in [1.82, 2.24) is 0 Å². The van der Waals surface area contributed by atoms with Gasteiger partial charge in [0.1, 0.15) is 11.5 Å². The molecule has 0 saturated heterocycles. The van der Waals surface area contributed by atoms with Crippen LogP contribution in [0.25, 0.3) is 6.08 Å². The number of ether oxygens (including phenoxy) is 3. The molecule has 0 atom stereocenters. The van der Waals surface area contributed by atoms with Crippen LogP contribution >= 0.6 is 0 Å². The van der Waals surface area contributed by atoms with Crippen molar-refractivity contribution in [2.75, 3.05) is 24.7 Å². The van der Waals surface area contributed by atoms with Crippen LogP contribution < -0.4 is 20.9 Å². The lowest BCUT2D eigenvalue weighted by Crippen LogP contribution is -2.30. The second-order valence-corrected chi connectivity index (χ2v) is 12.2. The maximum Gasteiger partial charge on any atom is 0.426 e. The molecule has 4 aromatic rings. The average Bonchev–Trinajstić information content (AvgIpc) is 3.05. The lowest BCUT2D eigenvalue weighted by molar-refractivity contribution is -0.185. The molecule has 0 spiro atoms. The molecule has 0 aliphatic heterocycles. The molecule has 260 valence electrons. The van der Waals surface area contributed by atoms with Crippen molar-refractivity contribution in [3.05, 3.63) is 125 Å². The number of hydrogen-bond donors (Lipinski definition) is 2. The number of benzene rings is 4. The first-order valence-corrected chi connectivity index (χ1v) is 15.7. The number of carbonyl (C=O) groups excluding carboxylic acids is 1. The molecule has 0 heterocycles. The molecular weight excluding hydrogens is 643 g/mol. The topological polar surface area (TPSA) is 96.8 Å². The largest absolute Gasteiger partial charge is 0.494 e. The number of nitrogens with two attached hydrogens (primary N) is 2. The first-order valence-electron chi connectivity index (χ1n) is 15.7. The highest BCUT2D eigenvalue weighted by Gasteiger charge is 2.34. The van der Waals surface area contributed by atoms with Crippen LogP contribution in [0.3, 0.4) is 0 Å². The van der Waals surface area contributed by atoms with Gasteiger partial charge in [0.05, 0.1) is 18.8 Å². The zero-order chi connectivity index (χ0) is 35.5. The lowest BCUT2D eigenvalue weighted by atomic mass is 9.79. The highest BCUT2D eigenvalue weighted by molar-refractivity contribution is 5.87. The Morgan fingerprint density at radius 1 is 0.714 bits per heavy atom. The molecule has 0 saturated carbocycles. The van der Waals surface area contributed by atoms with Crippen LogP contribution in [0.2, 0.25) is 0 Å². The lowest BCUT2D eigenvalue weighted by Gasteiger charge is -2.29. The minimum atomic E-state index is -4.22. The summed E-state index contributed by atoms with van der Waals surface area (Å²) >= 11 is 0. The summed E-state index contributed by atoms with van der Waals surface area (Å²) in [5, 5.41) is 0. The van der Waals surface area contributed by atoms with E-state index in [-0.39, 0.29) is 37.6 Å². The van der Waals surface area contributed by atoms with E-state index >= 15 is 0 Å². The van der Waals surface area contributed by atoms with Crippen molar-refractivity contribution in [2.24, 2.45) is 5.41 Å². The average molecular weight is 683 g/mol. The summed E-state index contributed by atoms with van der Waals surface area (Å²) in [7, 11) is 0. The molecule has 6 nitrogen and oxygen atoms in total. The molecule has 0 aromatic heterocycles. The van der Waals surface area contributed by atoms with E-state index in [0.29, 0.717) is 29.8 Å². The summed E-state index contributed by atoms with van der Waals surface area (Å²) in [6.07, 6.45) is -4.63. The molecule has 0 bridgehead atoms. The highest BCUT2D eigenvalue weighted by Crippen LogP contribution is 2.33. The molecule has 0 amide bonds. The summed E-state index contributed by atoms with van der Waals surface area (Å²) in [6, 6.07) is 25.8. The first-order chi connectivity index (χ1) is 23.2. The molecule has 0 unspecified atom stereocenters. The van der Waals surface area contributed by atoms with Crippen LogP contribution in [0.5, 0.6) is 11.5 Å². The predicted octanol–water partition coefficient (Wildman–Crippen LogP) is 9.14. The fourth-order valence-corrected chi connectivity index (χ4v) is 5.10. The second-order valence-electron chi connectivity index (χ2n) is 12.2. The van der Waals surface area contributed by atoms with Crippen LogP contribution in [0.15, 0.2) is 103 Å². The molecule has 4 rings (SSSR count). The van der Waals surface area contributed by atoms with Crippen molar-refractivity contribution in [1.29, 1.82) is 0 Å². The van der Waals surface area contributed by atoms with Crippen molar-refractivity contribution < 1.29 is 41.0 Å². The van der Waals surface area contributed by atoms with Gasteiger partial charge in [-0.05, 0) is 109 Å². The number of unbranched alkanes of at least 4 members (excludes halogenated alkanes) is 1. The number of hydrogen-bond acceptors (Lipinski definition) is 6. The monoisotopic (exact) mass is 682 g/mol. The number of nitrogen functional groups attached to an aromatic ring is 2. The van der Waals surface area contributed by atoms with Crippen LogP contribution in [0, 0.1) is 5.41 Å². The third-order valence-electron chi connectivity index (χ3n) is 7.64. The van der Waals surface area contributed by atoms with Crippen LogP contribution in [-0.4, -0.2) is 25.4 Å². The van der Waals surface area contributed by atoms with E-state index in [0.717, 1.165) is 23.3 Å². The summed E-state index contributed by atoms with van der Waals surface area (Å²) in [6.45, 7) is 2.22. The Labute approximate surface area is 282 Å². The molecule has 0 aliphatic carbocycles. The number of anilines is 2. The molecule has 0 radical (unpaired) electrons. The van der Waals surface area contributed by atoms with Crippen molar-refractivity contribution in [3.8, 4) is 11.5 Å². The van der Waals surface area contributed by atoms with Crippen molar-refractivity contribution in [2.45, 2.75) is 51.3 Å². The van der Waals surface area contributed by atoms with Gasteiger partial charge in [-0.3, -0.25) is 0 Å². The van der Waals surface area contributed by atoms with Gasteiger partial charge >= 0.3 is 18.3 Å². The van der Waals surface area contributed by atoms with E-state index in [1.807, 2.05) is 55.5 Å². The molecule has 4 aromatic carbocycles. The smallest absolute Gasteiger partial charge is 0.426 e.